The van der Waals surface area contributed by atoms with Crippen LogP contribution >= 0.6 is 0 Å². The molecule has 1 aromatic carbocycles. The van der Waals surface area contributed by atoms with E-state index in [1.807, 2.05) is 6.08 Å². The Kier molecular flexibility index (Phi) is 6.23. The van der Waals surface area contributed by atoms with Crippen molar-refractivity contribution in [1.82, 2.24) is 9.88 Å². The molecular formula is C26H28F3N5O2. The third kappa shape index (κ3) is 4.34. The number of carbonyl (C=O) groups excluding carboxylic acids is 1. The monoisotopic (exact) mass is 499 g/mol. The summed E-state index contributed by atoms with van der Waals surface area (Å²) in [5.74, 6) is 0.516. The van der Waals surface area contributed by atoms with Crippen molar-refractivity contribution in [2.45, 2.75) is 19.0 Å². The van der Waals surface area contributed by atoms with Crippen molar-refractivity contribution in [2.24, 2.45) is 21.3 Å². The fourth-order valence-corrected chi connectivity index (χ4v) is 5.59. The molecule has 0 bridgehead atoms. The molecule has 2 atom stereocenters. The van der Waals surface area contributed by atoms with Crippen LogP contribution in [0, 0.1) is 11.3 Å². The molecule has 36 heavy (non-hydrogen) atoms. The predicted molar refractivity (Wildman–Crippen MR) is 132 cm³/mol. The lowest BCUT2D eigenvalue weighted by atomic mass is 9.81. The van der Waals surface area contributed by atoms with Gasteiger partial charge in [-0.1, -0.05) is 18.2 Å². The Morgan fingerprint density at radius 3 is 2.81 bits per heavy atom. The smallest absolute Gasteiger partial charge is 0.394 e. The number of alkyl halides is 3. The SMILES string of the molecule is C=CC12CN(C(=O)c3cc4c([nH]3)CCC(=NCCO)N=C4)CC1CN(c1ccccc1C(F)(F)F)C2. The van der Waals surface area contributed by atoms with Gasteiger partial charge in [0.15, 0.2) is 0 Å². The Morgan fingerprint density at radius 1 is 1.28 bits per heavy atom. The average Bonchev–Trinajstić information content (AvgIpc) is 3.50. The number of anilines is 1. The number of nitrogens with zero attached hydrogens (tertiary/aromatic N) is 4. The highest BCUT2D eigenvalue weighted by atomic mass is 19.4. The Balaban J connectivity index is 1.32. The number of hydrogen-bond donors (Lipinski definition) is 2. The second-order valence-electron chi connectivity index (χ2n) is 9.61. The van der Waals surface area contributed by atoms with E-state index in [1.54, 1.807) is 28.1 Å². The molecule has 0 spiro atoms. The van der Waals surface area contributed by atoms with Gasteiger partial charge < -0.3 is 19.9 Å². The lowest BCUT2D eigenvalue weighted by Crippen LogP contribution is -2.36. The van der Waals surface area contributed by atoms with E-state index in [1.165, 1.54) is 12.1 Å². The summed E-state index contributed by atoms with van der Waals surface area (Å²) in [6, 6.07) is 7.43. The van der Waals surface area contributed by atoms with Gasteiger partial charge in [-0.05, 0) is 24.6 Å². The number of hydrogen-bond acceptors (Lipinski definition) is 4. The van der Waals surface area contributed by atoms with Crippen LogP contribution in [0.1, 0.15) is 33.7 Å². The number of aryl methyl sites for hydroxylation is 1. The summed E-state index contributed by atoms with van der Waals surface area (Å²) in [4.78, 5) is 28.8. The van der Waals surface area contributed by atoms with E-state index in [-0.39, 0.29) is 24.1 Å². The van der Waals surface area contributed by atoms with Gasteiger partial charge in [-0.3, -0.25) is 9.79 Å². The summed E-state index contributed by atoms with van der Waals surface area (Å²) in [5, 5.41) is 8.95. The number of aliphatic hydroxyl groups is 1. The standard InChI is InChI=1S/C26H28F3N5O2/c1-2-25-15-33(22-6-4-3-5-19(22)26(27,28)29)13-18(25)14-34(16-25)24(36)21-11-17-12-31-23(30-9-10-35)8-7-20(17)32-21/h2-6,11-12,18,32,35H,1,7-10,13-16H2. The second-order valence-corrected chi connectivity index (χ2v) is 9.61. The number of halogens is 3. The number of aromatic nitrogens is 1. The minimum Gasteiger partial charge on any atom is -0.394 e. The van der Waals surface area contributed by atoms with Crippen LogP contribution < -0.4 is 4.90 Å². The topological polar surface area (TPSA) is 84.3 Å². The van der Waals surface area contributed by atoms with Gasteiger partial charge in [-0.2, -0.15) is 13.2 Å². The third-order valence-corrected chi connectivity index (χ3v) is 7.42. The van der Waals surface area contributed by atoms with Crippen LogP contribution in [0.25, 0.3) is 0 Å². The van der Waals surface area contributed by atoms with E-state index in [2.05, 4.69) is 21.5 Å². The van der Waals surface area contributed by atoms with Gasteiger partial charge in [0.1, 0.15) is 11.5 Å². The first kappa shape index (κ1) is 24.3. The van der Waals surface area contributed by atoms with Crippen molar-refractivity contribution in [3.05, 3.63) is 65.5 Å². The largest absolute Gasteiger partial charge is 0.418 e. The molecule has 7 nitrogen and oxygen atoms in total. The zero-order valence-corrected chi connectivity index (χ0v) is 19.8. The van der Waals surface area contributed by atoms with Gasteiger partial charge in [0.25, 0.3) is 5.91 Å². The van der Waals surface area contributed by atoms with Gasteiger partial charge in [0.05, 0.1) is 18.7 Å². The molecule has 3 aliphatic rings. The highest BCUT2D eigenvalue weighted by Gasteiger charge is 2.52. The maximum absolute atomic E-state index is 13.6. The number of rotatable bonds is 5. The summed E-state index contributed by atoms with van der Waals surface area (Å²) >= 11 is 0. The van der Waals surface area contributed by atoms with E-state index < -0.39 is 17.2 Å². The molecule has 0 aliphatic carbocycles. The second kappa shape index (κ2) is 9.24. The highest BCUT2D eigenvalue weighted by Crippen LogP contribution is 2.47. The molecule has 5 rings (SSSR count). The number of aliphatic hydroxyl groups excluding tert-OH is 1. The minimum atomic E-state index is -4.43. The third-order valence-electron chi connectivity index (χ3n) is 7.42. The van der Waals surface area contributed by atoms with Crippen LogP contribution in [0.3, 0.4) is 0 Å². The van der Waals surface area contributed by atoms with Crippen molar-refractivity contribution in [1.29, 1.82) is 0 Å². The van der Waals surface area contributed by atoms with Crippen LogP contribution in [-0.2, 0) is 12.6 Å². The van der Waals surface area contributed by atoms with Gasteiger partial charge >= 0.3 is 6.18 Å². The Bertz CT molecular complexity index is 1230. The molecule has 2 saturated heterocycles. The molecule has 3 aliphatic heterocycles. The molecule has 2 N–H and O–H groups in total. The zero-order chi connectivity index (χ0) is 25.5. The number of carbonyl (C=O) groups is 1. The molecule has 190 valence electrons. The Hall–Kier alpha value is -3.40. The Morgan fingerprint density at radius 2 is 2.08 bits per heavy atom. The first-order valence-electron chi connectivity index (χ1n) is 12.0. The van der Waals surface area contributed by atoms with Crippen molar-refractivity contribution in [3.63, 3.8) is 0 Å². The van der Waals surface area contributed by atoms with Gasteiger partial charge in [-0.25, -0.2) is 4.99 Å². The van der Waals surface area contributed by atoms with Gasteiger partial charge in [0, 0.05) is 67.1 Å². The quantitative estimate of drug-likeness (QED) is 0.618. The van der Waals surface area contributed by atoms with E-state index in [0.717, 1.165) is 17.3 Å². The fourth-order valence-electron chi connectivity index (χ4n) is 5.59. The molecule has 0 saturated carbocycles. The van der Waals surface area contributed by atoms with Crippen molar-refractivity contribution in [3.8, 4) is 0 Å². The van der Waals surface area contributed by atoms with E-state index >= 15 is 0 Å². The number of amidine groups is 1. The highest BCUT2D eigenvalue weighted by molar-refractivity contribution is 6.00. The van der Waals surface area contributed by atoms with E-state index in [0.29, 0.717) is 57.1 Å². The number of benzene rings is 1. The molecule has 2 fully saturated rings. The minimum absolute atomic E-state index is 0.0140. The van der Waals surface area contributed by atoms with Crippen LogP contribution in [-0.4, -0.2) is 72.3 Å². The number of likely N-dealkylation sites (tertiary alicyclic amines) is 1. The summed E-state index contributed by atoms with van der Waals surface area (Å²) in [7, 11) is 0. The maximum Gasteiger partial charge on any atom is 0.418 e. The zero-order valence-electron chi connectivity index (χ0n) is 19.8. The lowest BCUT2D eigenvalue weighted by Gasteiger charge is -2.28. The number of aromatic amines is 1. The fraction of sp³-hybridized carbons (Fsp3) is 0.423. The lowest BCUT2D eigenvalue weighted by molar-refractivity contribution is -0.137. The normalized spacial score (nSPS) is 24.7. The van der Waals surface area contributed by atoms with Crippen LogP contribution in [0.15, 0.2) is 53.0 Å². The van der Waals surface area contributed by atoms with Crippen molar-refractivity contribution in [2.75, 3.05) is 44.2 Å². The number of para-hydroxylation sites is 1. The van der Waals surface area contributed by atoms with Gasteiger partial charge in [-0.15, -0.1) is 6.58 Å². The summed E-state index contributed by atoms with van der Waals surface area (Å²) in [5.41, 5.74) is 1.27. The van der Waals surface area contributed by atoms with Crippen LogP contribution in [0.4, 0.5) is 18.9 Å². The first-order chi connectivity index (χ1) is 17.2. The average molecular weight is 500 g/mol. The number of aliphatic imine (C=N–C) groups is 2. The summed E-state index contributed by atoms with van der Waals surface area (Å²) in [6.45, 7) is 5.93. The Labute approximate surface area is 207 Å². The molecule has 0 radical (unpaired) electrons. The molecule has 4 heterocycles. The summed E-state index contributed by atoms with van der Waals surface area (Å²) in [6.07, 6.45) is 0.326. The van der Waals surface area contributed by atoms with Crippen LogP contribution in [0.2, 0.25) is 0 Å². The number of nitrogens with one attached hydrogen (secondary N) is 1. The van der Waals surface area contributed by atoms with Gasteiger partial charge in [0.2, 0.25) is 0 Å². The molecule has 2 aromatic rings. The number of H-pyrrole nitrogens is 1. The van der Waals surface area contributed by atoms with Crippen molar-refractivity contribution >= 4 is 23.6 Å². The summed E-state index contributed by atoms with van der Waals surface area (Å²) < 4.78 is 40.8. The van der Waals surface area contributed by atoms with Crippen LogP contribution in [0.5, 0.6) is 0 Å². The molecule has 10 heteroatoms. The molecule has 1 amide bonds. The molecule has 2 unspecified atom stereocenters. The van der Waals surface area contributed by atoms with E-state index in [4.69, 9.17) is 5.11 Å². The molecule has 1 aromatic heterocycles. The number of amides is 1. The van der Waals surface area contributed by atoms with E-state index in [9.17, 15) is 18.0 Å². The predicted octanol–water partition coefficient (Wildman–Crippen LogP) is 3.55. The first-order valence-corrected chi connectivity index (χ1v) is 12.0. The number of fused-ring (bicyclic) bond motifs is 2. The maximum atomic E-state index is 13.6. The molecular weight excluding hydrogens is 471 g/mol. The van der Waals surface area contributed by atoms with Crippen molar-refractivity contribution < 1.29 is 23.1 Å².